The highest BCUT2D eigenvalue weighted by molar-refractivity contribution is 7.92. The van der Waals surface area contributed by atoms with Gasteiger partial charge >= 0.3 is 0 Å². The summed E-state index contributed by atoms with van der Waals surface area (Å²) in [6, 6.07) is 27.4. The van der Waals surface area contributed by atoms with Crippen molar-refractivity contribution in [3.8, 4) is 0 Å². The van der Waals surface area contributed by atoms with Gasteiger partial charge in [-0.25, -0.2) is 12.8 Å². The zero-order chi connectivity index (χ0) is 32.4. The Labute approximate surface area is 265 Å². The summed E-state index contributed by atoms with van der Waals surface area (Å²) in [7, 11) is -4.25. The number of halogens is 1. The van der Waals surface area contributed by atoms with Crippen molar-refractivity contribution < 1.29 is 22.4 Å². The van der Waals surface area contributed by atoms with Gasteiger partial charge in [0.1, 0.15) is 18.4 Å². The maximum Gasteiger partial charge on any atom is 0.264 e. The van der Waals surface area contributed by atoms with Crippen LogP contribution in [0.3, 0.4) is 0 Å². The zero-order valence-electron chi connectivity index (χ0n) is 25.9. The minimum Gasteiger partial charge on any atom is -0.354 e. The fourth-order valence-electron chi connectivity index (χ4n) is 4.92. The molecule has 0 saturated heterocycles. The molecule has 0 aliphatic rings. The quantitative estimate of drug-likeness (QED) is 0.169. The molecular weight excluding hydrogens is 589 g/mol. The molecule has 0 spiro atoms. The average molecular weight is 630 g/mol. The Morgan fingerprint density at radius 1 is 0.800 bits per heavy atom. The van der Waals surface area contributed by atoms with E-state index in [2.05, 4.69) is 5.32 Å². The van der Waals surface area contributed by atoms with Gasteiger partial charge in [0.25, 0.3) is 10.0 Å². The fraction of sp³-hybridized carbons (Fsp3) is 0.278. The molecule has 0 aliphatic heterocycles. The lowest BCUT2D eigenvalue weighted by Gasteiger charge is -2.34. The van der Waals surface area contributed by atoms with Crippen LogP contribution in [0.25, 0.3) is 0 Å². The molecule has 1 N–H and O–H groups in total. The Balaban J connectivity index is 1.78. The average Bonchev–Trinajstić information content (AvgIpc) is 3.03. The van der Waals surface area contributed by atoms with Crippen LogP contribution in [0.15, 0.2) is 108 Å². The van der Waals surface area contributed by atoms with Gasteiger partial charge in [-0.1, -0.05) is 91.2 Å². The van der Waals surface area contributed by atoms with Gasteiger partial charge in [-0.3, -0.25) is 13.9 Å². The number of benzene rings is 4. The second kappa shape index (κ2) is 15.5. The van der Waals surface area contributed by atoms with Gasteiger partial charge in [-0.2, -0.15) is 0 Å². The lowest BCUT2D eigenvalue weighted by atomic mass is 10.0. The van der Waals surface area contributed by atoms with E-state index in [4.69, 9.17) is 0 Å². The first-order chi connectivity index (χ1) is 21.6. The standard InChI is InChI=1S/C36H40FN3O4S/c1-4-5-23-38-36(42)34(24-29-9-7-6-8-10-29)39(25-30-15-11-27(2)12-16-30)35(41)26-40(32-19-17-31(37)18-20-32)45(43,44)33-21-13-28(3)14-22-33/h6-22,34H,4-5,23-26H2,1-3H3,(H,38,42)/t34-/m0/s1. The summed E-state index contributed by atoms with van der Waals surface area (Å²) in [5.74, 6) is -1.42. The highest BCUT2D eigenvalue weighted by Gasteiger charge is 2.34. The minimum atomic E-state index is -4.25. The number of aryl methyl sites for hydroxylation is 2. The maximum absolute atomic E-state index is 14.4. The molecule has 236 valence electrons. The Kier molecular flexibility index (Phi) is 11.5. The van der Waals surface area contributed by atoms with Gasteiger partial charge in [-0.15, -0.1) is 0 Å². The number of carbonyl (C=O) groups is 2. The first kappa shape index (κ1) is 33.4. The normalized spacial score (nSPS) is 11.9. The van der Waals surface area contributed by atoms with E-state index in [9.17, 15) is 22.4 Å². The largest absolute Gasteiger partial charge is 0.354 e. The van der Waals surface area contributed by atoms with Crippen molar-refractivity contribution >= 4 is 27.5 Å². The van der Waals surface area contributed by atoms with Crippen LogP contribution in [0, 0.1) is 19.7 Å². The van der Waals surface area contributed by atoms with Crippen LogP contribution in [-0.4, -0.2) is 44.3 Å². The second-order valence-electron chi connectivity index (χ2n) is 11.2. The van der Waals surface area contributed by atoms with Gasteiger partial charge < -0.3 is 10.2 Å². The van der Waals surface area contributed by atoms with Crippen LogP contribution in [0.1, 0.15) is 42.0 Å². The van der Waals surface area contributed by atoms with Gasteiger partial charge in [0.05, 0.1) is 10.6 Å². The van der Waals surface area contributed by atoms with Crippen LogP contribution in [-0.2, 0) is 32.6 Å². The summed E-state index contributed by atoms with van der Waals surface area (Å²) >= 11 is 0. The number of hydrogen-bond donors (Lipinski definition) is 1. The van der Waals surface area contributed by atoms with Crippen LogP contribution in [0.4, 0.5) is 10.1 Å². The predicted octanol–water partition coefficient (Wildman–Crippen LogP) is 6.19. The van der Waals surface area contributed by atoms with E-state index in [1.54, 1.807) is 12.1 Å². The molecule has 45 heavy (non-hydrogen) atoms. The third kappa shape index (κ3) is 9.01. The molecule has 0 radical (unpaired) electrons. The van der Waals surface area contributed by atoms with Crippen LogP contribution < -0.4 is 9.62 Å². The van der Waals surface area contributed by atoms with E-state index < -0.39 is 34.3 Å². The summed E-state index contributed by atoms with van der Waals surface area (Å²) in [5, 5.41) is 2.98. The maximum atomic E-state index is 14.4. The van der Waals surface area contributed by atoms with Gasteiger partial charge in [-0.05, 0) is 67.8 Å². The smallest absolute Gasteiger partial charge is 0.264 e. The summed E-state index contributed by atoms with van der Waals surface area (Å²) in [6.07, 6.45) is 1.90. The monoisotopic (exact) mass is 629 g/mol. The Hall–Kier alpha value is -4.50. The van der Waals surface area contributed by atoms with Crippen LogP contribution in [0.2, 0.25) is 0 Å². The van der Waals surface area contributed by atoms with Crippen molar-refractivity contribution in [1.82, 2.24) is 10.2 Å². The van der Waals surface area contributed by atoms with E-state index in [1.807, 2.05) is 75.4 Å². The first-order valence-electron chi connectivity index (χ1n) is 15.1. The third-order valence-electron chi connectivity index (χ3n) is 7.58. The van der Waals surface area contributed by atoms with E-state index >= 15 is 0 Å². The highest BCUT2D eigenvalue weighted by atomic mass is 32.2. The Bertz CT molecular complexity index is 1660. The van der Waals surface area contributed by atoms with E-state index in [0.29, 0.717) is 6.54 Å². The molecule has 0 heterocycles. The third-order valence-corrected chi connectivity index (χ3v) is 9.36. The molecule has 4 aromatic carbocycles. The Morgan fingerprint density at radius 2 is 1.40 bits per heavy atom. The number of rotatable bonds is 14. The zero-order valence-corrected chi connectivity index (χ0v) is 26.8. The number of unbranched alkanes of at least 4 members (excludes halogenated alkanes) is 1. The van der Waals surface area contributed by atoms with E-state index in [1.165, 1.54) is 29.2 Å². The molecule has 9 heteroatoms. The van der Waals surface area contributed by atoms with Crippen molar-refractivity contribution in [2.45, 2.75) is 57.5 Å². The topological polar surface area (TPSA) is 86.8 Å². The molecule has 1 atom stereocenters. The number of nitrogens with one attached hydrogen (secondary N) is 1. The number of sulfonamides is 1. The first-order valence-corrected chi connectivity index (χ1v) is 16.5. The summed E-state index contributed by atoms with van der Waals surface area (Å²) in [4.78, 5) is 29.7. The molecule has 0 bridgehead atoms. The molecule has 4 rings (SSSR count). The molecule has 7 nitrogen and oxygen atoms in total. The number of carbonyl (C=O) groups excluding carboxylic acids is 2. The van der Waals surface area contributed by atoms with E-state index in [-0.39, 0.29) is 29.5 Å². The molecular formula is C36H40FN3O4S. The summed E-state index contributed by atoms with van der Waals surface area (Å²) < 4.78 is 43.0. The molecule has 0 aliphatic carbocycles. The highest BCUT2D eigenvalue weighted by Crippen LogP contribution is 2.26. The number of nitrogens with zero attached hydrogens (tertiary/aromatic N) is 2. The van der Waals surface area contributed by atoms with Crippen molar-refractivity contribution in [2.24, 2.45) is 0 Å². The SMILES string of the molecule is CCCCNC(=O)[C@H](Cc1ccccc1)N(Cc1ccc(C)cc1)C(=O)CN(c1ccc(F)cc1)S(=O)(=O)c1ccc(C)cc1. The fourth-order valence-corrected chi connectivity index (χ4v) is 6.34. The van der Waals surface area contributed by atoms with Crippen LogP contribution >= 0.6 is 0 Å². The molecule has 0 unspecified atom stereocenters. The summed E-state index contributed by atoms with van der Waals surface area (Å²) in [6.45, 7) is 5.78. The van der Waals surface area contributed by atoms with Gasteiger partial charge in [0.2, 0.25) is 11.8 Å². The Morgan fingerprint density at radius 3 is 2.00 bits per heavy atom. The molecule has 0 saturated carbocycles. The van der Waals surface area contributed by atoms with Gasteiger partial charge in [0, 0.05) is 19.5 Å². The number of anilines is 1. The van der Waals surface area contributed by atoms with Crippen LogP contribution in [0.5, 0.6) is 0 Å². The van der Waals surface area contributed by atoms with E-state index in [0.717, 1.165) is 51.5 Å². The van der Waals surface area contributed by atoms with Gasteiger partial charge in [0.15, 0.2) is 0 Å². The van der Waals surface area contributed by atoms with Crippen molar-refractivity contribution in [3.63, 3.8) is 0 Å². The lowest BCUT2D eigenvalue weighted by molar-refractivity contribution is -0.140. The lowest BCUT2D eigenvalue weighted by Crippen LogP contribution is -2.53. The second-order valence-corrected chi connectivity index (χ2v) is 13.0. The van der Waals surface area contributed by atoms with Crippen molar-refractivity contribution in [3.05, 3.63) is 131 Å². The van der Waals surface area contributed by atoms with Crippen molar-refractivity contribution in [2.75, 3.05) is 17.4 Å². The number of hydrogen-bond acceptors (Lipinski definition) is 4. The summed E-state index contributed by atoms with van der Waals surface area (Å²) in [5.41, 5.74) is 3.70. The molecule has 4 aromatic rings. The molecule has 2 amide bonds. The predicted molar refractivity (Wildman–Crippen MR) is 176 cm³/mol. The molecule has 0 aromatic heterocycles. The minimum absolute atomic E-state index is 0.00606. The molecule has 0 fully saturated rings. The number of amides is 2. The van der Waals surface area contributed by atoms with Crippen molar-refractivity contribution in [1.29, 1.82) is 0 Å².